The number of aliphatic hydroxyl groups is 1. The zero-order valence-electron chi connectivity index (χ0n) is 22.2. The monoisotopic (exact) mass is 519 g/mol. The lowest BCUT2D eigenvalue weighted by Gasteiger charge is -2.38. The molecule has 0 radical (unpaired) electrons. The van der Waals surface area contributed by atoms with Gasteiger partial charge in [-0.15, -0.1) is 0 Å². The summed E-state index contributed by atoms with van der Waals surface area (Å²) in [6, 6.07) is 7.88. The molecular formula is C28H34FN7O2. The number of anilines is 3. The van der Waals surface area contributed by atoms with Crippen LogP contribution in [-0.2, 0) is 6.54 Å². The van der Waals surface area contributed by atoms with Crippen LogP contribution < -0.4 is 15.0 Å². The molecule has 0 amide bonds. The van der Waals surface area contributed by atoms with Gasteiger partial charge in [-0.2, -0.15) is 4.98 Å². The predicted molar refractivity (Wildman–Crippen MR) is 146 cm³/mol. The molecule has 0 bridgehead atoms. The summed E-state index contributed by atoms with van der Waals surface area (Å²) in [5.74, 6) is 3.67. The first-order chi connectivity index (χ1) is 18.2. The van der Waals surface area contributed by atoms with Gasteiger partial charge in [0.2, 0.25) is 5.95 Å². The van der Waals surface area contributed by atoms with Crippen molar-refractivity contribution in [3.8, 4) is 5.75 Å². The van der Waals surface area contributed by atoms with Gasteiger partial charge in [0, 0.05) is 36.7 Å². The summed E-state index contributed by atoms with van der Waals surface area (Å²) < 4.78 is 22.6. The number of nitrogens with zero attached hydrogens (tertiary/aromatic N) is 6. The number of aromatic nitrogens is 5. The van der Waals surface area contributed by atoms with Crippen LogP contribution in [0.2, 0.25) is 0 Å². The number of fused-ring (bicyclic) bond motifs is 1. The van der Waals surface area contributed by atoms with Gasteiger partial charge in [0.25, 0.3) is 0 Å². The molecule has 38 heavy (non-hydrogen) atoms. The van der Waals surface area contributed by atoms with Gasteiger partial charge in [-0.3, -0.25) is 0 Å². The van der Waals surface area contributed by atoms with Gasteiger partial charge in [0.15, 0.2) is 0 Å². The Bertz CT molecular complexity index is 1420. The Kier molecular flexibility index (Phi) is 7.16. The number of hydrogen-bond acceptors (Lipinski definition) is 8. The summed E-state index contributed by atoms with van der Waals surface area (Å²) in [6.07, 6.45) is 6.14. The van der Waals surface area contributed by atoms with Crippen LogP contribution in [0.5, 0.6) is 5.75 Å². The molecule has 0 saturated carbocycles. The Labute approximate surface area is 221 Å². The summed E-state index contributed by atoms with van der Waals surface area (Å²) in [5, 5.41) is 15.4. The fourth-order valence-corrected chi connectivity index (χ4v) is 4.71. The van der Waals surface area contributed by atoms with Crippen LogP contribution in [0.4, 0.5) is 22.0 Å². The van der Waals surface area contributed by atoms with E-state index in [1.807, 2.05) is 31.5 Å². The number of aryl methyl sites for hydroxylation is 1. The van der Waals surface area contributed by atoms with E-state index >= 15 is 0 Å². The van der Waals surface area contributed by atoms with Gasteiger partial charge in [0.1, 0.15) is 36.0 Å². The molecule has 0 spiro atoms. The fourth-order valence-electron chi connectivity index (χ4n) is 4.71. The topological polar surface area (TPSA) is 101 Å². The minimum Gasteiger partial charge on any atom is -0.491 e. The van der Waals surface area contributed by atoms with Gasteiger partial charge in [0.05, 0.1) is 18.7 Å². The van der Waals surface area contributed by atoms with E-state index in [-0.39, 0.29) is 6.54 Å². The van der Waals surface area contributed by atoms with Crippen molar-refractivity contribution >= 4 is 28.4 Å². The van der Waals surface area contributed by atoms with Crippen LogP contribution in [-0.4, -0.2) is 61.1 Å². The number of rotatable bonds is 8. The van der Waals surface area contributed by atoms with Crippen molar-refractivity contribution in [2.24, 2.45) is 0 Å². The number of piperidine rings is 1. The molecule has 5 rings (SSSR count). The van der Waals surface area contributed by atoms with Crippen LogP contribution in [0.25, 0.3) is 10.8 Å². The molecule has 1 aliphatic rings. The van der Waals surface area contributed by atoms with Gasteiger partial charge >= 0.3 is 0 Å². The molecule has 1 aromatic carbocycles. The van der Waals surface area contributed by atoms with E-state index in [1.54, 1.807) is 23.4 Å². The molecule has 10 heteroatoms. The highest BCUT2D eigenvalue weighted by Crippen LogP contribution is 2.34. The fraction of sp³-hybridized carbons (Fsp3) is 0.429. The summed E-state index contributed by atoms with van der Waals surface area (Å²) in [7, 11) is 0. The number of benzene rings is 1. The van der Waals surface area contributed by atoms with Crippen LogP contribution in [0, 0.1) is 6.92 Å². The zero-order valence-corrected chi connectivity index (χ0v) is 22.2. The first-order valence-electron chi connectivity index (χ1n) is 13.0. The molecule has 1 fully saturated rings. The number of ether oxygens (including phenoxy) is 1. The Morgan fingerprint density at radius 2 is 2.00 bits per heavy atom. The number of hydrogen-bond donors (Lipinski definition) is 2. The Balaban J connectivity index is 1.36. The van der Waals surface area contributed by atoms with E-state index in [0.29, 0.717) is 49.6 Å². The summed E-state index contributed by atoms with van der Waals surface area (Å²) in [5.41, 5.74) is -0.128. The standard InChI is InChI=1S/C28H34FN7O2/c1-18(2)20-5-6-23(38-14-13-35-12-10-30-19(35)3)22-16-32-26(15-21(20)22)33-25-7-9-31-27(34-25)36-11-8-28(4,37)24(29)17-36/h5-7,9-10,12,15-16,18,24,37H,8,11,13-14,17H2,1-4H3,(H,31,32,33,34). The lowest BCUT2D eigenvalue weighted by atomic mass is 9.92. The average molecular weight is 520 g/mol. The first-order valence-corrected chi connectivity index (χ1v) is 13.0. The number of halogens is 1. The van der Waals surface area contributed by atoms with E-state index in [4.69, 9.17) is 4.74 Å². The molecule has 1 saturated heterocycles. The highest BCUT2D eigenvalue weighted by Gasteiger charge is 2.38. The first kappa shape index (κ1) is 25.8. The second kappa shape index (κ2) is 10.5. The SMILES string of the molecule is Cc1nccn1CCOc1ccc(C(C)C)c2cc(Nc3ccnc(N4CCC(C)(O)C(F)C4)n3)ncc12. The molecule has 3 aromatic heterocycles. The Hall–Kier alpha value is -3.79. The molecule has 2 unspecified atom stereocenters. The normalized spacial score (nSPS) is 19.8. The van der Waals surface area contributed by atoms with Crippen molar-refractivity contribution in [2.45, 2.75) is 58.4 Å². The van der Waals surface area contributed by atoms with Crippen LogP contribution >= 0.6 is 0 Å². The van der Waals surface area contributed by atoms with Gasteiger partial charge < -0.3 is 24.6 Å². The van der Waals surface area contributed by atoms with E-state index in [2.05, 4.69) is 49.7 Å². The maximum Gasteiger partial charge on any atom is 0.227 e. The molecule has 200 valence electrons. The molecule has 4 heterocycles. The van der Waals surface area contributed by atoms with Crippen LogP contribution in [0.1, 0.15) is 44.5 Å². The van der Waals surface area contributed by atoms with E-state index in [1.165, 1.54) is 12.5 Å². The third-order valence-corrected chi connectivity index (χ3v) is 7.16. The molecule has 2 N–H and O–H groups in total. The Morgan fingerprint density at radius 1 is 1.16 bits per heavy atom. The largest absolute Gasteiger partial charge is 0.491 e. The van der Waals surface area contributed by atoms with Gasteiger partial charge in [-0.05, 0) is 55.3 Å². The second-order valence-corrected chi connectivity index (χ2v) is 10.3. The van der Waals surface area contributed by atoms with Crippen molar-refractivity contribution in [1.82, 2.24) is 24.5 Å². The molecule has 0 aliphatic carbocycles. The number of pyridine rings is 1. The van der Waals surface area contributed by atoms with E-state index < -0.39 is 11.8 Å². The molecule has 4 aromatic rings. The van der Waals surface area contributed by atoms with Crippen molar-refractivity contribution in [1.29, 1.82) is 0 Å². The average Bonchev–Trinajstić information content (AvgIpc) is 3.30. The number of imidazole rings is 1. The van der Waals surface area contributed by atoms with Crippen LogP contribution in [0.3, 0.4) is 0 Å². The highest BCUT2D eigenvalue weighted by atomic mass is 19.1. The minimum atomic E-state index is -1.37. The number of nitrogens with one attached hydrogen (secondary N) is 1. The molecular weight excluding hydrogens is 485 g/mol. The predicted octanol–water partition coefficient (Wildman–Crippen LogP) is 4.77. The molecule has 1 aliphatic heterocycles. The van der Waals surface area contributed by atoms with E-state index in [9.17, 15) is 9.50 Å². The smallest absolute Gasteiger partial charge is 0.227 e. The lowest BCUT2D eigenvalue weighted by Crippen LogP contribution is -2.52. The summed E-state index contributed by atoms with van der Waals surface area (Å²) in [6.45, 7) is 9.58. The maximum absolute atomic E-state index is 14.4. The van der Waals surface area contributed by atoms with Crippen molar-refractivity contribution < 1.29 is 14.2 Å². The molecule has 2 atom stereocenters. The van der Waals surface area contributed by atoms with Crippen molar-refractivity contribution in [2.75, 3.05) is 29.9 Å². The van der Waals surface area contributed by atoms with Gasteiger partial charge in [-0.1, -0.05) is 19.9 Å². The lowest BCUT2D eigenvalue weighted by molar-refractivity contribution is -0.0332. The van der Waals surface area contributed by atoms with Crippen LogP contribution in [0.15, 0.2) is 49.1 Å². The Morgan fingerprint density at radius 3 is 2.74 bits per heavy atom. The third kappa shape index (κ3) is 5.40. The quantitative estimate of drug-likeness (QED) is 0.343. The number of alkyl halides is 1. The maximum atomic E-state index is 14.4. The summed E-state index contributed by atoms with van der Waals surface area (Å²) in [4.78, 5) is 19.6. The second-order valence-electron chi connectivity index (χ2n) is 10.3. The minimum absolute atomic E-state index is 0.0472. The van der Waals surface area contributed by atoms with Gasteiger partial charge in [-0.25, -0.2) is 19.3 Å². The molecule has 9 nitrogen and oxygen atoms in total. The summed E-state index contributed by atoms with van der Waals surface area (Å²) >= 11 is 0. The zero-order chi connectivity index (χ0) is 26.9. The highest BCUT2D eigenvalue weighted by molar-refractivity contribution is 5.92. The van der Waals surface area contributed by atoms with Crippen molar-refractivity contribution in [3.05, 3.63) is 60.4 Å². The van der Waals surface area contributed by atoms with Crippen molar-refractivity contribution in [3.63, 3.8) is 0 Å². The van der Waals surface area contributed by atoms with E-state index in [0.717, 1.165) is 22.3 Å². The third-order valence-electron chi connectivity index (χ3n) is 7.16.